The Morgan fingerprint density at radius 2 is 1.47 bits per heavy atom. The van der Waals surface area contributed by atoms with E-state index in [1.807, 2.05) is 54.6 Å². The van der Waals surface area contributed by atoms with E-state index in [0.29, 0.717) is 17.7 Å². The third kappa shape index (κ3) is 3.98. The van der Waals surface area contributed by atoms with Crippen LogP contribution in [0.2, 0.25) is 0 Å². The topological polar surface area (TPSA) is 79.2 Å². The molecular weight excluding hydrogens is 376 g/mol. The van der Waals surface area contributed by atoms with Crippen molar-refractivity contribution < 1.29 is 14.3 Å². The van der Waals surface area contributed by atoms with Crippen molar-refractivity contribution in [2.75, 3.05) is 11.9 Å². The van der Waals surface area contributed by atoms with Gasteiger partial charge in [-0.25, -0.2) is 4.79 Å². The summed E-state index contributed by atoms with van der Waals surface area (Å²) in [6.07, 6.45) is 0.310. The molecule has 0 atom stereocenters. The van der Waals surface area contributed by atoms with Crippen LogP contribution in [0.25, 0.3) is 21.5 Å². The Morgan fingerprint density at radius 3 is 2.07 bits per heavy atom. The average Bonchev–Trinajstić information content (AvgIpc) is 2.77. The van der Waals surface area contributed by atoms with E-state index in [4.69, 9.17) is 10.00 Å². The predicted octanol–water partition coefficient (Wildman–Crippen LogP) is 4.85. The minimum absolute atomic E-state index is 0.310. The molecule has 0 spiro atoms. The zero-order valence-electron chi connectivity index (χ0n) is 16.1. The first-order valence-corrected chi connectivity index (χ1v) is 9.49. The lowest BCUT2D eigenvalue weighted by atomic mass is 9.97. The summed E-state index contributed by atoms with van der Waals surface area (Å²) in [7, 11) is 0. The van der Waals surface area contributed by atoms with Crippen LogP contribution in [-0.2, 0) is 16.0 Å². The fourth-order valence-electron chi connectivity index (χ4n) is 3.43. The maximum Gasteiger partial charge on any atom is 0.339 e. The Bertz CT molecular complexity index is 1230. The smallest absolute Gasteiger partial charge is 0.339 e. The number of nitrogens with one attached hydrogen (secondary N) is 1. The van der Waals surface area contributed by atoms with Crippen LogP contribution in [0.15, 0.2) is 78.9 Å². The average molecular weight is 394 g/mol. The van der Waals surface area contributed by atoms with E-state index in [2.05, 4.69) is 11.4 Å². The van der Waals surface area contributed by atoms with E-state index >= 15 is 0 Å². The van der Waals surface area contributed by atoms with Crippen molar-refractivity contribution in [2.45, 2.75) is 6.42 Å². The number of hydrogen-bond donors (Lipinski definition) is 1. The zero-order chi connectivity index (χ0) is 20.9. The number of esters is 1. The molecule has 0 saturated heterocycles. The van der Waals surface area contributed by atoms with E-state index in [1.165, 1.54) is 0 Å². The molecule has 5 heteroatoms. The molecule has 0 aliphatic carbocycles. The second-order valence-electron chi connectivity index (χ2n) is 6.85. The Hall–Kier alpha value is -4.17. The monoisotopic (exact) mass is 394 g/mol. The molecule has 1 amide bonds. The van der Waals surface area contributed by atoms with Gasteiger partial charge in [0.2, 0.25) is 0 Å². The lowest BCUT2D eigenvalue weighted by Gasteiger charge is -2.11. The Balaban J connectivity index is 1.52. The third-order valence-electron chi connectivity index (χ3n) is 4.83. The number of nitriles is 1. The molecule has 0 radical (unpaired) electrons. The minimum Gasteiger partial charge on any atom is -0.452 e. The van der Waals surface area contributed by atoms with Gasteiger partial charge in [0, 0.05) is 5.69 Å². The first-order valence-electron chi connectivity index (χ1n) is 9.49. The lowest BCUT2D eigenvalue weighted by Crippen LogP contribution is -2.21. The van der Waals surface area contributed by atoms with Crippen LogP contribution < -0.4 is 5.32 Å². The molecule has 0 unspecified atom stereocenters. The summed E-state index contributed by atoms with van der Waals surface area (Å²) in [6.45, 7) is -0.393. The SMILES string of the molecule is N#CCc1ccc(NC(=O)COC(=O)c2c3ccccc3cc3ccccc23)cc1. The van der Waals surface area contributed by atoms with Crippen molar-refractivity contribution in [3.05, 3.63) is 90.0 Å². The number of carbonyl (C=O) groups is 2. The molecular formula is C25H18N2O3. The van der Waals surface area contributed by atoms with Gasteiger partial charge in [0.15, 0.2) is 6.61 Å². The summed E-state index contributed by atoms with van der Waals surface area (Å²) in [6, 6.07) is 26.3. The molecule has 1 N–H and O–H groups in total. The molecule has 0 aliphatic rings. The van der Waals surface area contributed by atoms with Crippen LogP contribution in [0.5, 0.6) is 0 Å². The molecule has 0 bridgehead atoms. The van der Waals surface area contributed by atoms with Crippen molar-refractivity contribution in [3.63, 3.8) is 0 Å². The number of nitrogens with zero attached hydrogens (tertiary/aromatic N) is 1. The molecule has 0 saturated carbocycles. The first-order chi connectivity index (χ1) is 14.7. The van der Waals surface area contributed by atoms with Crippen LogP contribution in [0.1, 0.15) is 15.9 Å². The van der Waals surface area contributed by atoms with Crippen molar-refractivity contribution in [1.29, 1.82) is 5.26 Å². The van der Waals surface area contributed by atoms with Gasteiger partial charge in [-0.1, -0.05) is 60.7 Å². The molecule has 4 aromatic carbocycles. The van der Waals surface area contributed by atoms with Crippen LogP contribution in [0.4, 0.5) is 5.69 Å². The highest BCUT2D eigenvalue weighted by Gasteiger charge is 2.17. The number of benzene rings is 4. The van der Waals surface area contributed by atoms with E-state index in [-0.39, 0.29) is 0 Å². The molecule has 4 aromatic rings. The number of hydrogen-bond acceptors (Lipinski definition) is 4. The Labute approximate surface area is 173 Å². The molecule has 30 heavy (non-hydrogen) atoms. The summed E-state index contributed by atoms with van der Waals surface area (Å²) in [5.41, 5.74) is 1.90. The quantitative estimate of drug-likeness (QED) is 0.387. The molecule has 0 aromatic heterocycles. The zero-order valence-corrected chi connectivity index (χ0v) is 16.1. The van der Waals surface area contributed by atoms with Gasteiger partial charge in [-0.3, -0.25) is 4.79 Å². The van der Waals surface area contributed by atoms with Gasteiger partial charge >= 0.3 is 5.97 Å². The summed E-state index contributed by atoms with van der Waals surface area (Å²) >= 11 is 0. The molecule has 146 valence electrons. The number of fused-ring (bicyclic) bond motifs is 2. The maximum absolute atomic E-state index is 12.9. The normalized spacial score (nSPS) is 10.5. The Kier molecular flexibility index (Phi) is 5.40. The second kappa shape index (κ2) is 8.46. The van der Waals surface area contributed by atoms with E-state index in [1.54, 1.807) is 24.3 Å². The van der Waals surface area contributed by atoms with Gasteiger partial charge in [-0.2, -0.15) is 5.26 Å². The number of carbonyl (C=O) groups excluding carboxylic acids is 2. The molecule has 0 heterocycles. The molecule has 0 aliphatic heterocycles. The van der Waals surface area contributed by atoms with Crippen molar-refractivity contribution in [3.8, 4) is 6.07 Å². The van der Waals surface area contributed by atoms with Crippen LogP contribution in [0.3, 0.4) is 0 Å². The summed E-state index contributed by atoms with van der Waals surface area (Å²) < 4.78 is 5.35. The summed E-state index contributed by atoms with van der Waals surface area (Å²) in [4.78, 5) is 25.2. The number of rotatable bonds is 5. The second-order valence-corrected chi connectivity index (χ2v) is 6.85. The number of amides is 1. The van der Waals surface area contributed by atoms with E-state index in [9.17, 15) is 9.59 Å². The van der Waals surface area contributed by atoms with Gasteiger partial charge in [-0.15, -0.1) is 0 Å². The third-order valence-corrected chi connectivity index (χ3v) is 4.83. The number of ether oxygens (including phenoxy) is 1. The standard InChI is InChI=1S/C25H18N2O3/c26-14-13-17-9-11-20(12-10-17)27-23(28)16-30-25(29)24-21-7-3-1-5-18(21)15-19-6-2-4-8-22(19)24/h1-12,15H,13,16H2,(H,27,28). The Morgan fingerprint density at radius 1 is 0.867 bits per heavy atom. The van der Waals surface area contributed by atoms with Gasteiger partial charge < -0.3 is 10.1 Å². The summed E-state index contributed by atoms with van der Waals surface area (Å²) in [5, 5.41) is 14.9. The minimum atomic E-state index is -0.539. The van der Waals surface area contributed by atoms with Crippen molar-refractivity contribution in [1.82, 2.24) is 0 Å². The van der Waals surface area contributed by atoms with Gasteiger partial charge in [0.1, 0.15) is 0 Å². The first kappa shape index (κ1) is 19.2. The number of anilines is 1. The van der Waals surface area contributed by atoms with Gasteiger partial charge in [0.25, 0.3) is 5.91 Å². The largest absolute Gasteiger partial charge is 0.452 e. The highest BCUT2D eigenvalue weighted by atomic mass is 16.5. The van der Waals surface area contributed by atoms with Crippen molar-refractivity contribution >= 4 is 39.1 Å². The van der Waals surface area contributed by atoms with Crippen molar-refractivity contribution in [2.24, 2.45) is 0 Å². The van der Waals surface area contributed by atoms with E-state index < -0.39 is 18.5 Å². The van der Waals surface area contributed by atoms with Crippen LogP contribution in [0, 0.1) is 11.3 Å². The maximum atomic E-state index is 12.9. The molecule has 5 nitrogen and oxygen atoms in total. The summed E-state index contributed by atoms with van der Waals surface area (Å²) in [5.74, 6) is -0.969. The fraction of sp³-hybridized carbons (Fsp3) is 0.0800. The molecule has 0 fully saturated rings. The highest BCUT2D eigenvalue weighted by Crippen LogP contribution is 2.29. The van der Waals surface area contributed by atoms with Crippen LogP contribution in [-0.4, -0.2) is 18.5 Å². The van der Waals surface area contributed by atoms with Crippen LogP contribution >= 0.6 is 0 Å². The van der Waals surface area contributed by atoms with Gasteiger partial charge in [-0.05, 0) is 45.3 Å². The fourth-order valence-corrected chi connectivity index (χ4v) is 3.43. The predicted molar refractivity (Wildman–Crippen MR) is 116 cm³/mol. The lowest BCUT2D eigenvalue weighted by molar-refractivity contribution is -0.119. The highest BCUT2D eigenvalue weighted by molar-refractivity contribution is 6.16. The molecule has 4 rings (SSSR count). The van der Waals surface area contributed by atoms with E-state index in [0.717, 1.165) is 27.1 Å². The van der Waals surface area contributed by atoms with Gasteiger partial charge in [0.05, 0.1) is 18.1 Å².